The molecule has 0 saturated carbocycles. The molecule has 0 bridgehead atoms. The summed E-state index contributed by atoms with van der Waals surface area (Å²) in [5, 5.41) is 0. The fourth-order valence-electron chi connectivity index (χ4n) is 1.96. The summed E-state index contributed by atoms with van der Waals surface area (Å²) in [6.45, 7) is 8.84. The summed E-state index contributed by atoms with van der Waals surface area (Å²) in [4.78, 5) is 0. The van der Waals surface area contributed by atoms with Crippen molar-refractivity contribution in [2.75, 3.05) is 0 Å². The second kappa shape index (κ2) is 3.14. The van der Waals surface area contributed by atoms with Gasteiger partial charge in [-0.3, -0.25) is 0 Å². The largest absolute Gasteiger partial charge is 0.372 e. The van der Waals surface area contributed by atoms with E-state index in [4.69, 9.17) is 4.74 Å². The Morgan fingerprint density at radius 2 is 2.09 bits per heavy atom. The first-order chi connectivity index (χ1) is 5.05. The van der Waals surface area contributed by atoms with E-state index in [1.165, 1.54) is 19.3 Å². The Labute approximate surface area is 70.1 Å². The van der Waals surface area contributed by atoms with Crippen molar-refractivity contribution >= 4 is 0 Å². The predicted molar refractivity (Wildman–Crippen MR) is 47.6 cm³/mol. The van der Waals surface area contributed by atoms with E-state index in [1.54, 1.807) is 0 Å². The highest BCUT2D eigenvalue weighted by atomic mass is 16.5. The van der Waals surface area contributed by atoms with Gasteiger partial charge in [0.15, 0.2) is 0 Å². The van der Waals surface area contributed by atoms with Crippen molar-refractivity contribution in [2.45, 2.75) is 58.7 Å². The maximum Gasteiger partial charge on any atom is 0.0630 e. The van der Waals surface area contributed by atoms with Gasteiger partial charge in [-0.15, -0.1) is 0 Å². The quantitative estimate of drug-likeness (QED) is 0.567. The van der Waals surface area contributed by atoms with E-state index >= 15 is 0 Å². The molecule has 0 aliphatic carbocycles. The highest BCUT2D eigenvalue weighted by molar-refractivity contribution is 4.80. The maximum absolute atomic E-state index is 5.88. The van der Waals surface area contributed by atoms with E-state index in [0.29, 0.717) is 6.10 Å². The zero-order valence-corrected chi connectivity index (χ0v) is 8.18. The normalized spacial score (nSPS) is 37.1. The summed E-state index contributed by atoms with van der Waals surface area (Å²) in [5.74, 6) is 0.794. The summed E-state index contributed by atoms with van der Waals surface area (Å²) in [6, 6.07) is 0. The molecular weight excluding hydrogens is 136 g/mol. The fraction of sp³-hybridized carbons (Fsp3) is 1.00. The Hall–Kier alpha value is -0.0400. The van der Waals surface area contributed by atoms with Gasteiger partial charge in [-0.25, -0.2) is 0 Å². The molecule has 1 aliphatic rings. The molecule has 0 aromatic heterocycles. The van der Waals surface area contributed by atoms with Crippen molar-refractivity contribution in [1.82, 2.24) is 0 Å². The molecule has 11 heavy (non-hydrogen) atoms. The van der Waals surface area contributed by atoms with Gasteiger partial charge >= 0.3 is 0 Å². The van der Waals surface area contributed by atoms with Crippen molar-refractivity contribution in [3.05, 3.63) is 0 Å². The maximum atomic E-state index is 5.88. The van der Waals surface area contributed by atoms with E-state index in [-0.39, 0.29) is 5.60 Å². The molecule has 2 unspecified atom stereocenters. The second-order valence-electron chi connectivity index (χ2n) is 4.29. The molecule has 0 aromatic carbocycles. The Bertz CT molecular complexity index is 129. The monoisotopic (exact) mass is 156 g/mol. The minimum Gasteiger partial charge on any atom is -0.372 e. The lowest BCUT2D eigenvalue weighted by Gasteiger charge is -2.39. The standard InChI is InChI=1S/C10H20O/c1-5-9-6-7-10(3,4)11-8(9)2/h8-9H,5-7H2,1-4H3. The Morgan fingerprint density at radius 3 is 2.55 bits per heavy atom. The summed E-state index contributed by atoms with van der Waals surface area (Å²) >= 11 is 0. The van der Waals surface area contributed by atoms with Crippen LogP contribution in [-0.2, 0) is 4.74 Å². The lowest BCUT2D eigenvalue weighted by molar-refractivity contribution is -0.126. The lowest BCUT2D eigenvalue weighted by Crippen LogP contribution is -2.39. The number of ether oxygens (including phenoxy) is 1. The molecule has 66 valence electrons. The third kappa shape index (κ3) is 2.19. The highest BCUT2D eigenvalue weighted by Gasteiger charge is 2.31. The van der Waals surface area contributed by atoms with E-state index in [2.05, 4.69) is 27.7 Å². The van der Waals surface area contributed by atoms with E-state index in [9.17, 15) is 0 Å². The Morgan fingerprint density at radius 1 is 1.45 bits per heavy atom. The first-order valence-corrected chi connectivity index (χ1v) is 4.73. The van der Waals surface area contributed by atoms with Crippen LogP contribution >= 0.6 is 0 Å². The van der Waals surface area contributed by atoms with Crippen molar-refractivity contribution in [1.29, 1.82) is 0 Å². The van der Waals surface area contributed by atoms with Crippen LogP contribution in [0, 0.1) is 5.92 Å². The third-order valence-corrected chi connectivity index (χ3v) is 2.81. The minimum atomic E-state index is 0.130. The molecule has 2 atom stereocenters. The fourth-order valence-corrected chi connectivity index (χ4v) is 1.96. The van der Waals surface area contributed by atoms with Crippen LogP contribution in [0.25, 0.3) is 0 Å². The number of hydrogen-bond donors (Lipinski definition) is 0. The summed E-state index contributed by atoms with van der Waals surface area (Å²) in [6.07, 6.45) is 4.28. The molecule has 1 aliphatic heterocycles. The smallest absolute Gasteiger partial charge is 0.0630 e. The van der Waals surface area contributed by atoms with Crippen LogP contribution in [0.2, 0.25) is 0 Å². The van der Waals surface area contributed by atoms with E-state index in [0.717, 1.165) is 5.92 Å². The van der Waals surface area contributed by atoms with Crippen LogP contribution in [0.5, 0.6) is 0 Å². The SMILES string of the molecule is CCC1CCC(C)(C)OC1C. The molecule has 1 fully saturated rings. The van der Waals surface area contributed by atoms with Gasteiger partial charge < -0.3 is 4.74 Å². The predicted octanol–water partition coefficient (Wildman–Crippen LogP) is 2.99. The van der Waals surface area contributed by atoms with Crippen LogP contribution in [0.1, 0.15) is 47.0 Å². The van der Waals surface area contributed by atoms with Gasteiger partial charge in [-0.1, -0.05) is 13.3 Å². The Kier molecular flexibility index (Phi) is 2.58. The molecule has 1 heterocycles. The average molecular weight is 156 g/mol. The molecular formula is C10H20O. The highest BCUT2D eigenvalue weighted by Crippen LogP contribution is 2.33. The van der Waals surface area contributed by atoms with Crippen molar-refractivity contribution in [3.8, 4) is 0 Å². The van der Waals surface area contributed by atoms with Crippen LogP contribution in [-0.4, -0.2) is 11.7 Å². The molecule has 1 rings (SSSR count). The van der Waals surface area contributed by atoms with Gasteiger partial charge in [0.2, 0.25) is 0 Å². The first-order valence-electron chi connectivity index (χ1n) is 4.73. The van der Waals surface area contributed by atoms with Crippen molar-refractivity contribution in [3.63, 3.8) is 0 Å². The zero-order valence-electron chi connectivity index (χ0n) is 8.18. The average Bonchev–Trinajstić information content (AvgIpc) is 1.86. The molecule has 0 aromatic rings. The van der Waals surface area contributed by atoms with Crippen LogP contribution in [0.15, 0.2) is 0 Å². The molecule has 0 spiro atoms. The van der Waals surface area contributed by atoms with Crippen molar-refractivity contribution in [2.24, 2.45) is 5.92 Å². The third-order valence-electron chi connectivity index (χ3n) is 2.81. The zero-order chi connectivity index (χ0) is 8.48. The molecule has 0 N–H and O–H groups in total. The minimum absolute atomic E-state index is 0.130. The number of hydrogen-bond acceptors (Lipinski definition) is 1. The van der Waals surface area contributed by atoms with Crippen molar-refractivity contribution < 1.29 is 4.74 Å². The lowest BCUT2D eigenvalue weighted by atomic mass is 9.86. The molecule has 1 saturated heterocycles. The van der Waals surface area contributed by atoms with Gasteiger partial charge in [-0.05, 0) is 39.5 Å². The number of rotatable bonds is 1. The summed E-state index contributed by atoms with van der Waals surface area (Å²) < 4.78 is 5.88. The van der Waals surface area contributed by atoms with Gasteiger partial charge in [-0.2, -0.15) is 0 Å². The van der Waals surface area contributed by atoms with Gasteiger partial charge in [0, 0.05) is 0 Å². The summed E-state index contributed by atoms with van der Waals surface area (Å²) in [5.41, 5.74) is 0.130. The van der Waals surface area contributed by atoms with Crippen LogP contribution < -0.4 is 0 Å². The van der Waals surface area contributed by atoms with Gasteiger partial charge in [0.25, 0.3) is 0 Å². The molecule has 1 heteroatoms. The first kappa shape index (κ1) is 9.05. The molecule has 0 amide bonds. The molecule has 1 nitrogen and oxygen atoms in total. The van der Waals surface area contributed by atoms with Gasteiger partial charge in [0.1, 0.15) is 0 Å². The Balaban J connectivity index is 2.48. The van der Waals surface area contributed by atoms with E-state index in [1.807, 2.05) is 0 Å². The second-order valence-corrected chi connectivity index (χ2v) is 4.29. The van der Waals surface area contributed by atoms with Crippen LogP contribution in [0.3, 0.4) is 0 Å². The van der Waals surface area contributed by atoms with Crippen LogP contribution in [0.4, 0.5) is 0 Å². The van der Waals surface area contributed by atoms with E-state index < -0.39 is 0 Å². The molecule has 0 radical (unpaired) electrons. The summed E-state index contributed by atoms with van der Waals surface area (Å²) in [7, 11) is 0. The topological polar surface area (TPSA) is 9.23 Å². The van der Waals surface area contributed by atoms with Gasteiger partial charge in [0.05, 0.1) is 11.7 Å².